The number of nitrogens with zero attached hydrogens (tertiary/aromatic N) is 1. The van der Waals surface area contributed by atoms with Crippen molar-refractivity contribution in [2.45, 2.75) is 6.18 Å². The summed E-state index contributed by atoms with van der Waals surface area (Å²) in [6.07, 6.45) is -4.36. The molecule has 1 aromatic rings. The van der Waals surface area contributed by atoms with Crippen LogP contribution in [0.25, 0.3) is 0 Å². The van der Waals surface area contributed by atoms with Crippen molar-refractivity contribution in [2.24, 2.45) is 0 Å². The van der Waals surface area contributed by atoms with Crippen LogP contribution in [-0.2, 0) is 6.18 Å². The maximum atomic E-state index is 12.8. The highest BCUT2D eigenvalue weighted by atomic mass is 19.4. The van der Waals surface area contributed by atoms with Gasteiger partial charge >= 0.3 is 6.18 Å². The van der Waals surface area contributed by atoms with Gasteiger partial charge in [0, 0.05) is 19.6 Å². The molecule has 0 aliphatic carbocycles. The van der Waals surface area contributed by atoms with E-state index in [0.717, 1.165) is 6.07 Å². The van der Waals surface area contributed by atoms with E-state index in [4.69, 9.17) is 5.11 Å². The molecule has 6 heteroatoms. The summed E-state index contributed by atoms with van der Waals surface area (Å²) in [4.78, 5) is 1.75. The quantitative estimate of drug-likeness (QED) is 0.837. The van der Waals surface area contributed by atoms with Crippen molar-refractivity contribution in [3.8, 4) is 0 Å². The number of hydrogen-bond acceptors (Lipinski definition) is 3. The van der Waals surface area contributed by atoms with E-state index >= 15 is 0 Å². The second kappa shape index (κ2) is 4.44. The number of aliphatic hydroxyl groups is 1. The Bertz CT molecular complexity index is 406. The standard InChI is InChI=1S/C11H13F3N2O/c12-11(13,14)8-2-1-3-9-10(8)15-4-5-16(9)6-7-17/h1-3,15,17H,4-7H2. The maximum Gasteiger partial charge on any atom is 0.418 e. The van der Waals surface area contributed by atoms with Crippen molar-refractivity contribution in [1.82, 2.24) is 0 Å². The van der Waals surface area contributed by atoms with Crippen LogP contribution in [0.5, 0.6) is 0 Å². The summed E-state index contributed by atoms with van der Waals surface area (Å²) in [6.45, 7) is 1.31. The lowest BCUT2D eigenvalue weighted by Crippen LogP contribution is -2.36. The molecule has 0 amide bonds. The fraction of sp³-hybridized carbons (Fsp3) is 0.455. The van der Waals surface area contributed by atoms with Gasteiger partial charge in [-0.25, -0.2) is 0 Å². The molecule has 0 fully saturated rings. The SMILES string of the molecule is OCCN1CCNc2c1cccc2C(F)(F)F. The van der Waals surface area contributed by atoms with Crippen molar-refractivity contribution in [3.05, 3.63) is 23.8 Å². The number of β-amino-alcohol motifs (C(OH)–C–C–N with tert-alkyl or cyclic N) is 1. The molecule has 3 nitrogen and oxygen atoms in total. The molecule has 0 saturated heterocycles. The van der Waals surface area contributed by atoms with Crippen molar-refractivity contribution < 1.29 is 18.3 Å². The van der Waals surface area contributed by atoms with E-state index in [1.54, 1.807) is 11.0 Å². The fourth-order valence-corrected chi connectivity index (χ4v) is 2.01. The molecule has 94 valence electrons. The lowest BCUT2D eigenvalue weighted by Gasteiger charge is -2.33. The Morgan fingerprint density at radius 3 is 2.76 bits per heavy atom. The lowest BCUT2D eigenvalue weighted by atomic mass is 10.1. The Balaban J connectivity index is 2.44. The fourth-order valence-electron chi connectivity index (χ4n) is 2.01. The highest BCUT2D eigenvalue weighted by Gasteiger charge is 2.35. The Morgan fingerprint density at radius 2 is 2.12 bits per heavy atom. The topological polar surface area (TPSA) is 35.5 Å². The van der Waals surface area contributed by atoms with E-state index in [0.29, 0.717) is 25.3 Å². The molecule has 0 aromatic heterocycles. The van der Waals surface area contributed by atoms with Crippen LogP contribution in [0.1, 0.15) is 5.56 Å². The van der Waals surface area contributed by atoms with Gasteiger partial charge in [0.2, 0.25) is 0 Å². The number of benzene rings is 1. The van der Waals surface area contributed by atoms with Crippen LogP contribution < -0.4 is 10.2 Å². The number of rotatable bonds is 2. The zero-order valence-electron chi connectivity index (χ0n) is 9.09. The molecule has 17 heavy (non-hydrogen) atoms. The molecule has 2 N–H and O–H groups in total. The van der Waals surface area contributed by atoms with E-state index in [9.17, 15) is 13.2 Å². The smallest absolute Gasteiger partial charge is 0.395 e. The summed E-state index contributed by atoms with van der Waals surface area (Å²) in [5, 5.41) is 11.7. The molecule has 2 rings (SSSR count). The Labute approximate surface area is 96.9 Å². The largest absolute Gasteiger partial charge is 0.418 e. The van der Waals surface area contributed by atoms with Gasteiger partial charge in [0.25, 0.3) is 0 Å². The van der Waals surface area contributed by atoms with Gasteiger partial charge in [-0.2, -0.15) is 13.2 Å². The molecule has 1 aromatic carbocycles. The molecule has 0 radical (unpaired) electrons. The average Bonchev–Trinajstić information content (AvgIpc) is 2.28. The van der Waals surface area contributed by atoms with Crippen LogP contribution in [0.15, 0.2) is 18.2 Å². The van der Waals surface area contributed by atoms with E-state index in [1.807, 2.05) is 0 Å². The molecule has 1 aliphatic heterocycles. The number of fused-ring (bicyclic) bond motifs is 1. The third-order valence-electron chi connectivity index (χ3n) is 2.74. The lowest BCUT2D eigenvalue weighted by molar-refractivity contribution is -0.136. The molecule has 0 atom stereocenters. The summed E-state index contributed by atoms with van der Waals surface area (Å²) < 4.78 is 38.3. The number of para-hydroxylation sites is 1. The van der Waals surface area contributed by atoms with Gasteiger partial charge in [-0.3, -0.25) is 0 Å². The van der Waals surface area contributed by atoms with Crippen LogP contribution in [0, 0.1) is 0 Å². The van der Waals surface area contributed by atoms with Gasteiger partial charge in [0.1, 0.15) is 0 Å². The minimum absolute atomic E-state index is 0.0737. The van der Waals surface area contributed by atoms with E-state index < -0.39 is 11.7 Å². The molecule has 0 unspecified atom stereocenters. The van der Waals surface area contributed by atoms with Crippen LogP contribution in [-0.4, -0.2) is 31.3 Å². The molecule has 0 bridgehead atoms. The molecular formula is C11H13F3N2O. The summed E-state index contributed by atoms with van der Waals surface area (Å²) in [5.41, 5.74) is -0.0440. The monoisotopic (exact) mass is 246 g/mol. The van der Waals surface area contributed by atoms with Gasteiger partial charge < -0.3 is 15.3 Å². The molecular weight excluding hydrogens is 233 g/mol. The second-order valence-electron chi connectivity index (χ2n) is 3.83. The van der Waals surface area contributed by atoms with Gasteiger partial charge in [-0.15, -0.1) is 0 Å². The van der Waals surface area contributed by atoms with Crippen molar-refractivity contribution in [3.63, 3.8) is 0 Å². The Hall–Kier alpha value is -1.43. The van der Waals surface area contributed by atoms with E-state index in [1.165, 1.54) is 6.07 Å². The van der Waals surface area contributed by atoms with Crippen molar-refractivity contribution in [1.29, 1.82) is 0 Å². The first kappa shape index (κ1) is 12.0. The van der Waals surface area contributed by atoms with E-state index in [2.05, 4.69) is 5.32 Å². The molecule has 1 aliphatic rings. The first-order valence-electron chi connectivity index (χ1n) is 5.34. The van der Waals surface area contributed by atoms with Crippen LogP contribution in [0.2, 0.25) is 0 Å². The minimum Gasteiger partial charge on any atom is -0.395 e. The highest BCUT2D eigenvalue weighted by Crippen LogP contribution is 2.41. The van der Waals surface area contributed by atoms with Crippen LogP contribution >= 0.6 is 0 Å². The summed E-state index contributed by atoms with van der Waals surface area (Å²) in [6, 6.07) is 4.08. The zero-order chi connectivity index (χ0) is 12.5. The second-order valence-corrected chi connectivity index (χ2v) is 3.83. The predicted octanol–water partition coefficient (Wildman–Crippen LogP) is 1.93. The first-order chi connectivity index (χ1) is 8.04. The van der Waals surface area contributed by atoms with Gasteiger partial charge in [0.15, 0.2) is 0 Å². The molecule has 1 heterocycles. The van der Waals surface area contributed by atoms with E-state index in [-0.39, 0.29) is 12.3 Å². The number of aliphatic hydroxyl groups excluding tert-OH is 1. The van der Waals surface area contributed by atoms with Gasteiger partial charge in [0.05, 0.1) is 23.5 Å². The van der Waals surface area contributed by atoms with Crippen LogP contribution in [0.3, 0.4) is 0 Å². The van der Waals surface area contributed by atoms with Crippen molar-refractivity contribution >= 4 is 11.4 Å². The summed E-state index contributed by atoms with van der Waals surface area (Å²) in [5.74, 6) is 0. The summed E-state index contributed by atoms with van der Waals surface area (Å²) in [7, 11) is 0. The third kappa shape index (κ3) is 2.31. The third-order valence-corrected chi connectivity index (χ3v) is 2.74. The van der Waals surface area contributed by atoms with Gasteiger partial charge in [-0.05, 0) is 12.1 Å². The van der Waals surface area contributed by atoms with Crippen LogP contribution in [0.4, 0.5) is 24.5 Å². The normalized spacial score (nSPS) is 15.4. The Kier molecular flexibility index (Phi) is 3.15. The maximum absolute atomic E-state index is 12.8. The highest BCUT2D eigenvalue weighted by molar-refractivity contribution is 5.76. The number of halogens is 3. The summed E-state index contributed by atoms with van der Waals surface area (Å²) >= 11 is 0. The number of anilines is 2. The number of nitrogens with one attached hydrogen (secondary N) is 1. The number of alkyl halides is 3. The zero-order valence-corrected chi connectivity index (χ0v) is 9.09. The first-order valence-corrected chi connectivity index (χ1v) is 5.34. The molecule has 0 saturated carbocycles. The van der Waals surface area contributed by atoms with Gasteiger partial charge in [-0.1, -0.05) is 6.07 Å². The van der Waals surface area contributed by atoms with Crippen molar-refractivity contribution in [2.75, 3.05) is 36.5 Å². The number of hydrogen-bond donors (Lipinski definition) is 2. The minimum atomic E-state index is -4.36. The predicted molar refractivity (Wildman–Crippen MR) is 59.2 cm³/mol. The average molecular weight is 246 g/mol. The Morgan fingerprint density at radius 1 is 1.35 bits per heavy atom. The molecule has 0 spiro atoms.